The molecule has 20 heavy (non-hydrogen) atoms. The molecular weight excluding hydrogens is 258 g/mol. The number of hydrogen-bond acceptors (Lipinski definition) is 4. The highest BCUT2D eigenvalue weighted by molar-refractivity contribution is 5.84. The van der Waals surface area contributed by atoms with Crippen LogP contribution >= 0.6 is 0 Å². The largest absolute Gasteiger partial charge is 0.378 e. The van der Waals surface area contributed by atoms with Crippen molar-refractivity contribution < 1.29 is 14.3 Å². The number of rotatable bonds is 4. The third kappa shape index (κ3) is 3.30. The molecule has 0 aromatic rings. The van der Waals surface area contributed by atoms with Crippen LogP contribution in [0.25, 0.3) is 0 Å². The molecule has 2 saturated heterocycles. The lowest BCUT2D eigenvalue weighted by molar-refractivity contribution is -0.140. The van der Waals surface area contributed by atoms with E-state index in [1.54, 1.807) is 0 Å². The van der Waals surface area contributed by atoms with E-state index in [1.165, 1.54) is 0 Å². The Morgan fingerprint density at radius 1 is 1.10 bits per heavy atom. The second-order valence-electron chi connectivity index (χ2n) is 5.91. The van der Waals surface area contributed by atoms with Crippen molar-refractivity contribution in [1.29, 1.82) is 0 Å². The Kier molecular flexibility index (Phi) is 4.21. The van der Waals surface area contributed by atoms with Crippen molar-refractivity contribution in [3.63, 3.8) is 0 Å². The zero-order chi connectivity index (χ0) is 13.9. The summed E-state index contributed by atoms with van der Waals surface area (Å²) in [6, 6.07) is 0.275. The topological polar surface area (TPSA) is 61.9 Å². The molecule has 0 spiro atoms. The first kappa shape index (κ1) is 13.8. The first-order valence-electron chi connectivity index (χ1n) is 7.64. The maximum atomic E-state index is 12.5. The summed E-state index contributed by atoms with van der Waals surface area (Å²) in [7, 11) is 0. The standard InChI is InChI=1S/C14H23N3O3/c18-13(15-11-3-4-11)10-17-5-1-2-12(17)14(19)16-6-8-20-9-7-16/h11-12H,1-10H2,(H,15,18). The van der Waals surface area contributed by atoms with E-state index >= 15 is 0 Å². The van der Waals surface area contributed by atoms with Crippen molar-refractivity contribution in [1.82, 2.24) is 15.1 Å². The number of likely N-dealkylation sites (tertiary alicyclic amines) is 1. The molecule has 0 aromatic carbocycles. The molecule has 112 valence electrons. The van der Waals surface area contributed by atoms with Crippen LogP contribution in [0.4, 0.5) is 0 Å². The summed E-state index contributed by atoms with van der Waals surface area (Å²) in [4.78, 5) is 28.3. The molecule has 0 radical (unpaired) electrons. The van der Waals surface area contributed by atoms with Gasteiger partial charge >= 0.3 is 0 Å². The summed E-state index contributed by atoms with van der Waals surface area (Å²) in [5, 5.41) is 2.99. The quantitative estimate of drug-likeness (QED) is 0.761. The van der Waals surface area contributed by atoms with Crippen LogP contribution in [-0.4, -0.2) is 73.1 Å². The van der Waals surface area contributed by atoms with Crippen LogP contribution in [0, 0.1) is 0 Å². The van der Waals surface area contributed by atoms with Gasteiger partial charge in [-0.05, 0) is 32.2 Å². The number of morpholine rings is 1. The van der Waals surface area contributed by atoms with Crippen molar-refractivity contribution in [3.05, 3.63) is 0 Å². The monoisotopic (exact) mass is 281 g/mol. The Labute approximate surface area is 119 Å². The first-order valence-corrected chi connectivity index (χ1v) is 7.64. The minimum absolute atomic E-state index is 0.0641. The smallest absolute Gasteiger partial charge is 0.240 e. The highest BCUT2D eigenvalue weighted by Gasteiger charge is 2.35. The molecule has 1 unspecified atom stereocenters. The average Bonchev–Trinajstić information content (AvgIpc) is 3.15. The van der Waals surface area contributed by atoms with E-state index in [0.717, 1.165) is 32.2 Å². The van der Waals surface area contributed by atoms with Crippen molar-refractivity contribution >= 4 is 11.8 Å². The van der Waals surface area contributed by atoms with Gasteiger partial charge in [0.2, 0.25) is 11.8 Å². The van der Waals surface area contributed by atoms with Gasteiger partial charge in [0.05, 0.1) is 25.8 Å². The van der Waals surface area contributed by atoms with Crippen LogP contribution in [0.5, 0.6) is 0 Å². The van der Waals surface area contributed by atoms with Gasteiger partial charge in [-0.1, -0.05) is 0 Å². The molecule has 3 rings (SSSR count). The molecule has 1 saturated carbocycles. The number of carbonyl (C=O) groups excluding carboxylic acids is 2. The third-order valence-corrected chi connectivity index (χ3v) is 4.26. The zero-order valence-electron chi connectivity index (χ0n) is 11.8. The van der Waals surface area contributed by atoms with E-state index in [4.69, 9.17) is 4.74 Å². The van der Waals surface area contributed by atoms with Crippen LogP contribution in [0.3, 0.4) is 0 Å². The predicted molar refractivity (Wildman–Crippen MR) is 73.2 cm³/mol. The Morgan fingerprint density at radius 2 is 1.85 bits per heavy atom. The molecule has 1 atom stereocenters. The van der Waals surface area contributed by atoms with Gasteiger partial charge in [-0.2, -0.15) is 0 Å². The Hall–Kier alpha value is -1.14. The summed E-state index contributed by atoms with van der Waals surface area (Å²) < 4.78 is 5.28. The van der Waals surface area contributed by atoms with Crippen molar-refractivity contribution in [3.8, 4) is 0 Å². The minimum Gasteiger partial charge on any atom is -0.378 e. The van der Waals surface area contributed by atoms with Gasteiger partial charge in [-0.15, -0.1) is 0 Å². The van der Waals surface area contributed by atoms with Gasteiger partial charge in [0.15, 0.2) is 0 Å². The number of nitrogens with one attached hydrogen (secondary N) is 1. The molecule has 0 aromatic heterocycles. The minimum atomic E-state index is -0.113. The van der Waals surface area contributed by atoms with Gasteiger partial charge in [-0.25, -0.2) is 0 Å². The Bertz CT molecular complexity index is 378. The van der Waals surface area contributed by atoms with Crippen molar-refractivity contribution in [2.75, 3.05) is 39.4 Å². The summed E-state index contributed by atoms with van der Waals surface area (Å²) >= 11 is 0. The number of hydrogen-bond donors (Lipinski definition) is 1. The summed E-state index contributed by atoms with van der Waals surface area (Å²) in [5.74, 6) is 0.235. The molecule has 0 bridgehead atoms. The Morgan fingerprint density at radius 3 is 2.55 bits per heavy atom. The second-order valence-corrected chi connectivity index (χ2v) is 5.91. The fourth-order valence-electron chi connectivity index (χ4n) is 2.97. The zero-order valence-corrected chi connectivity index (χ0v) is 11.8. The molecule has 6 heteroatoms. The van der Waals surface area contributed by atoms with Gasteiger partial charge in [0, 0.05) is 19.1 Å². The SMILES string of the molecule is O=C(CN1CCCC1C(=O)N1CCOCC1)NC1CC1. The maximum absolute atomic E-state index is 12.5. The molecule has 2 heterocycles. The summed E-state index contributed by atoms with van der Waals surface area (Å²) in [6.45, 7) is 3.81. The highest BCUT2D eigenvalue weighted by Crippen LogP contribution is 2.21. The predicted octanol–water partition coefficient (Wildman–Crippen LogP) is -0.412. The van der Waals surface area contributed by atoms with Crippen LogP contribution in [0.2, 0.25) is 0 Å². The average molecular weight is 281 g/mol. The van der Waals surface area contributed by atoms with E-state index < -0.39 is 0 Å². The van der Waals surface area contributed by atoms with Crippen LogP contribution in [-0.2, 0) is 14.3 Å². The number of ether oxygens (including phenoxy) is 1. The number of amides is 2. The molecule has 1 aliphatic carbocycles. The molecular formula is C14H23N3O3. The lowest BCUT2D eigenvalue weighted by Crippen LogP contribution is -2.51. The van der Waals surface area contributed by atoms with E-state index in [0.29, 0.717) is 38.9 Å². The van der Waals surface area contributed by atoms with Crippen LogP contribution < -0.4 is 5.32 Å². The molecule has 3 fully saturated rings. The fraction of sp³-hybridized carbons (Fsp3) is 0.857. The molecule has 2 amide bonds. The normalized spacial score (nSPS) is 27.6. The highest BCUT2D eigenvalue weighted by atomic mass is 16.5. The van der Waals surface area contributed by atoms with Gasteiger partial charge in [0.1, 0.15) is 0 Å². The van der Waals surface area contributed by atoms with E-state index in [1.807, 2.05) is 9.80 Å². The molecule has 6 nitrogen and oxygen atoms in total. The fourth-order valence-corrected chi connectivity index (χ4v) is 2.97. The van der Waals surface area contributed by atoms with E-state index in [9.17, 15) is 9.59 Å². The van der Waals surface area contributed by atoms with Gasteiger partial charge < -0.3 is 15.0 Å². The maximum Gasteiger partial charge on any atom is 0.240 e. The summed E-state index contributed by atoms with van der Waals surface area (Å²) in [5.41, 5.74) is 0. The first-order chi connectivity index (χ1) is 9.74. The lowest BCUT2D eigenvalue weighted by Gasteiger charge is -2.32. The van der Waals surface area contributed by atoms with Crippen molar-refractivity contribution in [2.24, 2.45) is 0 Å². The molecule has 2 aliphatic heterocycles. The second kappa shape index (κ2) is 6.10. The van der Waals surface area contributed by atoms with E-state index in [-0.39, 0.29) is 17.9 Å². The number of carbonyl (C=O) groups is 2. The Balaban J connectivity index is 1.53. The van der Waals surface area contributed by atoms with Crippen LogP contribution in [0.1, 0.15) is 25.7 Å². The molecule has 3 aliphatic rings. The lowest BCUT2D eigenvalue weighted by atomic mass is 10.2. The van der Waals surface area contributed by atoms with Crippen molar-refractivity contribution in [2.45, 2.75) is 37.8 Å². The number of nitrogens with zero attached hydrogens (tertiary/aromatic N) is 2. The molecule has 1 N–H and O–H groups in total. The van der Waals surface area contributed by atoms with E-state index in [2.05, 4.69) is 5.32 Å². The summed E-state index contributed by atoms with van der Waals surface area (Å²) in [6.07, 6.45) is 4.06. The van der Waals surface area contributed by atoms with Crippen LogP contribution in [0.15, 0.2) is 0 Å². The van der Waals surface area contributed by atoms with Gasteiger partial charge in [-0.3, -0.25) is 14.5 Å². The van der Waals surface area contributed by atoms with Gasteiger partial charge in [0.25, 0.3) is 0 Å². The third-order valence-electron chi connectivity index (χ3n) is 4.26.